The molecule has 1 N–H and O–H groups in total. The van der Waals surface area contributed by atoms with Crippen LogP contribution in [-0.4, -0.2) is 21.8 Å². The molecule has 0 aliphatic carbocycles. The van der Waals surface area contributed by atoms with Gasteiger partial charge in [0, 0.05) is 11.3 Å². The van der Waals surface area contributed by atoms with Gasteiger partial charge in [0.25, 0.3) is 0 Å². The van der Waals surface area contributed by atoms with Gasteiger partial charge in [0.2, 0.25) is 0 Å². The molecule has 0 saturated heterocycles. The van der Waals surface area contributed by atoms with Crippen molar-refractivity contribution < 1.29 is 0 Å². The Balaban J connectivity index is 0. The summed E-state index contributed by atoms with van der Waals surface area (Å²) in [5.41, 5.74) is 4.62. The van der Waals surface area contributed by atoms with E-state index in [0.29, 0.717) is 0 Å². The fraction of sp³-hybridized carbons (Fsp3) is 0.971. The summed E-state index contributed by atoms with van der Waals surface area (Å²) in [6, 6.07) is 0. The van der Waals surface area contributed by atoms with E-state index in [-0.39, 0.29) is 11.1 Å². The molecule has 0 aliphatic rings. The highest BCUT2D eigenvalue weighted by molar-refractivity contribution is 6.23. The molecule has 0 aromatic carbocycles. The summed E-state index contributed by atoms with van der Waals surface area (Å²) in [4.78, 5) is -0.464. The predicted molar refractivity (Wildman–Crippen MR) is 179 cm³/mol. The van der Waals surface area contributed by atoms with Crippen molar-refractivity contribution in [3.05, 3.63) is 0 Å². The number of unbranched alkanes of at least 4 members (excludes halogenated alkanes) is 12. The molecule has 0 atom stereocenters. The zero-order chi connectivity index (χ0) is 30.0. The lowest BCUT2D eigenvalue weighted by atomic mass is 10.0. The second-order valence-corrected chi connectivity index (χ2v) is 14.3. The van der Waals surface area contributed by atoms with Crippen LogP contribution in [0.3, 0.4) is 0 Å². The van der Waals surface area contributed by atoms with E-state index in [1.54, 1.807) is 0 Å². The maximum absolute atomic E-state index is 6.74. The van der Waals surface area contributed by atoms with Gasteiger partial charge in [-0.1, -0.05) is 116 Å². The number of rotatable bonds is 22. The molecule has 0 amide bonds. The fourth-order valence-corrected chi connectivity index (χ4v) is 4.41. The van der Waals surface area contributed by atoms with Gasteiger partial charge in [0.15, 0.2) is 5.00 Å². The molecule has 0 fully saturated rings. The summed E-state index contributed by atoms with van der Waals surface area (Å²) in [7, 11) is 0. The van der Waals surface area contributed by atoms with Crippen LogP contribution in [0.15, 0.2) is 15.3 Å². The van der Waals surface area contributed by atoms with E-state index in [2.05, 4.69) is 90.0 Å². The minimum Gasteiger partial charge on any atom is -0.305 e. The van der Waals surface area contributed by atoms with E-state index in [9.17, 15) is 0 Å². The van der Waals surface area contributed by atoms with Gasteiger partial charge in [0.1, 0.15) is 0 Å². The molecular formula is C34H71ClN4. The number of nitrogens with one attached hydrogen (secondary N) is 1. The van der Waals surface area contributed by atoms with Gasteiger partial charge in [-0.2, -0.15) is 15.3 Å². The first-order valence-corrected chi connectivity index (χ1v) is 17.2. The Kier molecular flexibility index (Phi) is 26.1. The summed E-state index contributed by atoms with van der Waals surface area (Å²) >= 11 is 6.74. The van der Waals surface area contributed by atoms with E-state index in [1.165, 1.54) is 108 Å². The van der Waals surface area contributed by atoms with Crippen molar-refractivity contribution in [2.75, 3.05) is 0 Å². The fourth-order valence-electron chi connectivity index (χ4n) is 4.11. The van der Waals surface area contributed by atoms with Crippen molar-refractivity contribution in [1.82, 2.24) is 5.43 Å². The molecule has 0 aromatic rings. The number of nitrogens with zero attached hydrogens (tertiary/aromatic N) is 3. The molecule has 0 bridgehead atoms. The smallest absolute Gasteiger partial charge is 0.154 e. The molecular weight excluding hydrogens is 500 g/mol. The average molecular weight is 571 g/mol. The molecule has 0 heterocycles. The summed E-state index contributed by atoms with van der Waals surface area (Å²) < 4.78 is 0. The zero-order valence-corrected chi connectivity index (χ0v) is 29.1. The Hall–Kier alpha value is -0.640. The largest absolute Gasteiger partial charge is 0.305 e. The van der Waals surface area contributed by atoms with E-state index in [0.717, 1.165) is 25.7 Å². The van der Waals surface area contributed by atoms with Crippen molar-refractivity contribution in [2.45, 2.75) is 214 Å². The van der Waals surface area contributed by atoms with Gasteiger partial charge in [0.05, 0.1) is 5.54 Å². The molecule has 4 nitrogen and oxygen atoms in total. The second kappa shape index (κ2) is 25.1. The van der Waals surface area contributed by atoms with Crippen molar-refractivity contribution in [1.29, 1.82) is 0 Å². The van der Waals surface area contributed by atoms with Crippen LogP contribution in [0.1, 0.15) is 198 Å². The number of hydrazone groups is 1. The maximum Gasteiger partial charge on any atom is 0.154 e. The monoisotopic (exact) mass is 571 g/mol. The number of halogens is 1. The average Bonchev–Trinajstić information content (AvgIpc) is 2.86. The predicted octanol–water partition coefficient (Wildman–Crippen LogP) is 12.8. The van der Waals surface area contributed by atoms with Crippen LogP contribution in [0.2, 0.25) is 0 Å². The standard InChI is InChI=1S/C17H35ClN2.C17H36N2/c1-6-8-10-12-14-17(18,15-13-11-9-7-2)20-19-16(3,4)5;1-6-8-10-12-14-16(15-13-11-9-7-2)18-19-17(3,4)5/h6-15H2,1-5H3;19H,6-15H2,1-5H3. The highest BCUT2D eigenvalue weighted by atomic mass is 35.5. The van der Waals surface area contributed by atoms with Crippen molar-refractivity contribution in [3.63, 3.8) is 0 Å². The first-order chi connectivity index (χ1) is 18.3. The highest BCUT2D eigenvalue weighted by Gasteiger charge is 2.26. The number of hydrogen-bond donors (Lipinski definition) is 1. The topological polar surface area (TPSA) is 49.1 Å². The molecule has 0 unspecified atom stereocenters. The number of azo groups is 1. The normalized spacial score (nSPS) is 12.4. The number of alkyl halides is 1. The molecule has 0 aliphatic heterocycles. The zero-order valence-electron chi connectivity index (χ0n) is 28.4. The third-order valence-corrected chi connectivity index (χ3v) is 7.00. The Bertz CT molecular complexity index is 561. The van der Waals surface area contributed by atoms with Crippen molar-refractivity contribution in [2.24, 2.45) is 15.3 Å². The Morgan fingerprint density at radius 2 is 0.923 bits per heavy atom. The molecule has 0 spiro atoms. The molecule has 0 aromatic heterocycles. The minimum absolute atomic E-state index is 0.0814. The lowest BCUT2D eigenvalue weighted by Crippen LogP contribution is -2.32. The molecule has 0 saturated carbocycles. The minimum atomic E-state index is -0.464. The van der Waals surface area contributed by atoms with Crippen LogP contribution < -0.4 is 5.43 Å². The summed E-state index contributed by atoms with van der Waals surface area (Å²) in [5.74, 6) is 0. The molecule has 5 heteroatoms. The van der Waals surface area contributed by atoms with Crippen molar-refractivity contribution in [3.8, 4) is 0 Å². The van der Waals surface area contributed by atoms with E-state index >= 15 is 0 Å². The molecule has 0 rings (SSSR count). The van der Waals surface area contributed by atoms with Crippen LogP contribution in [0.5, 0.6) is 0 Å². The van der Waals surface area contributed by atoms with Gasteiger partial charge < -0.3 is 5.43 Å². The first kappa shape index (κ1) is 40.5. The molecule has 0 radical (unpaired) electrons. The third-order valence-electron chi connectivity index (χ3n) is 6.54. The van der Waals surface area contributed by atoms with E-state index in [1.807, 2.05) is 0 Å². The van der Waals surface area contributed by atoms with Gasteiger partial charge >= 0.3 is 0 Å². The first-order valence-electron chi connectivity index (χ1n) is 16.8. The van der Waals surface area contributed by atoms with Crippen LogP contribution in [-0.2, 0) is 0 Å². The Labute approximate surface area is 251 Å². The molecule has 234 valence electrons. The lowest BCUT2D eigenvalue weighted by molar-refractivity contribution is 0.410. The summed E-state index contributed by atoms with van der Waals surface area (Å²) in [5, 5.41) is 13.6. The third kappa shape index (κ3) is 31.7. The van der Waals surface area contributed by atoms with Crippen LogP contribution in [0, 0.1) is 0 Å². The van der Waals surface area contributed by atoms with E-state index < -0.39 is 5.00 Å². The maximum atomic E-state index is 6.74. The summed E-state index contributed by atoms with van der Waals surface area (Å²) in [6.07, 6.45) is 24.8. The van der Waals surface area contributed by atoms with Gasteiger partial charge in [-0.25, -0.2) is 0 Å². The van der Waals surface area contributed by atoms with Gasteiger partial charge in [-0.15, -0.1) is 0 Å². The van der Waals surface area contributed by atoms with Crippen LogP contribution in [0.25, 0.3) is 0 Å². The molecule has 39 heavy (non-hydrogen) atoms. The van der Waals surface area contributed by atoms with Gasteiger partial charge in [-0.05, 0) is 92.9 Å². The number of hydrogen-bond acceptors (Lipinski definition) is 4. The van der Waals surface area contributed by atoms with Crippen LogP contribution in [0.4, 0.5) is 0 Å². The van der Waals surface area contributed by atoms with Crippen molar-refractivity contribution >= 4 is 17.3 Å². The van der Waals surface area contributed by atoms with Gasteiger partial charge in [-0.3, -0.25) is 0 Å². The Morgan fingerprint density at radius 3 is 1.26 bits per heavy atom. The quantitative estimate of drug-likeness (QED) is 0.0345. The SMILES string of the molecule is CCCCCCC(CCCCCC)=NNC(C)(C)C.CCCCCCC(Cl)(CCCCCC)N=NC(C)(C)C. The van der Waals surface area contributed by atoms with E-state index in [4.69, 9.17) is 11.6 Å². The lowest BCUT2D eigenvalue weighted by Gasteiger charge is -2.23. The second-order valence-electron chi connectivity index (χ2n) is 13.6. The highest BCUT2D eigenvalue weighted by Crippen LogP contribution is 2.32. The van der Waals surface area contributed by atoms with Crippen LogP contribution >= 0.6 is 11.6 Å². The Morgan fingerprint density at radius 1 is 0.538 bits per heavy atom. The summed E-state index contributed by atoms with van der Waals surface area (Å²) in [6.45, 7) is 21.7.